The van der Waals surface area contributed by atoms with Crippen molar-refractivity contribution in [2.24, 2.45) is 0 Å². The van der Waals surface area contributed by atoms with Crippen LogP contribution in [0.5, 0.6) is 0 Å². The highest BCUT2D eigenvalue weighted by atomic mass is 79.9. The van der Waals surface area contributed by atoms with Gasteiger partial charge >= 0.3 is 11.9 Å². The molecule has 0 aliphatic rings. The second-order valence-electron chi connectivity index (χ2n) is 11.2. The zero-order valence-corrected chi connectivity index (χ0v) is 28.3. The molecule has 44 heavy (non-hydrogen) atoms. The maximum absolute atomic E-state index is 12.2. The van der Waals surface area contributed by atoms with Gasteiger partial charge in [0.2, 0.25) is 0 Å². The Labute approximate surface area is 276 Å². The molecule has 5 aromatic rings. The van der Waals surface area contributed by atoms with Crippen LogP contribution in [0.15, 0.2) is 93.9 Å². The number of unbranched alkanes of at least 4 members (excludes halogenated alkanes) is 2. The summed E-state index contributed by atoms with van der Waals surface area (Å²) in [6.45, 7) is 0. The maximum Gasteiger partial charge on any atom is 0.338 e. The molecule has 0 aromatic heterocycles. The predicted octanol–water partition coefficient (Wildman–Crippen LogP) is 10.2. The number of esters is 2. The monoisotopic (exact) mass is 714 g/mol. The van der Waals surface area contributed by atoms with E-state index in [1.165, 1.54) is 36.5 Å². The zero-order valence-electron chi connectivity index (χ0n) is 25.1. The number of halogens is 2. The Hall–Kier alpha value is -3.48. The van der Waals surface area contributed by atoms with Gasteiger partial charge in [-0.25, -0.2) is 9.59 Å². The van der Waals surface area contributed by atoms with Crippen molar-refractivity contribution in [2.75, 3.05) is 14.2 Å². The fraction of sp³-hybridized carbons (Fsp3) is 0.263. The van der Waals surface area contributed by atoms with Crippen molar-refractivity contribution in [1.29, 1.82) is 0 Å². The quantitative estimate of drug-likeness (QED) is 0.0953. The molecule has 0 radical (unpaired) electrons. The maximum atomic E-state index is 12.2. The summed E-state index contributed by atoms with van der Waals surface area (Å²) in [5.74, 6) is -0.598. The molecule has 0 aliphatic carbocycles. The van der Waals surface area contributed by atoms with Gasteiger partial charge in [-0.3, -0.25) is 0 Å². The molecule has 0 heterocycles. The van der Waals surface area contributed by atoms with Crippen molar-refractivity contribution in [3.05, 3.63) is 127 Å². The van der Waals surface area contributed by atoms with E-state index < -0.39 is 0 Å². The highest BCUT2D eigenvalue weighted by Crippen LogP contribution is 2.30. The predicted molar refractivity (Wildman–Crippen MR) is 186 cm³/mol. The van der Waals surface area contributed by atoms with Crippen LogP contribution in [-0.4, -0.2) is 26.2 Å². The van der Waals surface area contributed by atoms with Crippen molar-refractivity contribution in [2.45, 2.75) is 51.4 Å². The first kappa shape index (κ1) is 31.9. The number of benzene rings is 5. The summed E-state index contributed by atoms with van der Waals surface area (Å²) in [6, 6.07) is 28.8. The van der Waals surface area contributed by atoms with Crippen LogP contribution in [0.25, 0.3) is 21.5 Å². The van der Waals surface area contributed by atoms with Crippen LogP contribution >= 0.6 is 31.9 Å². The first-order valence-corrected chi connectivity index (χ1v) is 16.6. The number of methoxy groups -OCH3 is 2. The van der Waals surface area contributed by atoms with E-state index in [4.69, 9.17) is 9.47 Å². The van der Waals surface area contributed by atoms with Gasteiger partial charge in [-0.05, 0) is 119 Å². The van der Waals surface area contributed by atoms with Crippen molar-refractivity contribution < 1.29 is 19.1 Å². The normalized spacial score (nSPS) is 11.2. The third kappa shape index (κ3) is 7.59. The van der Waals surface area contributed by atoms with Crippen LogP contribution in [0.4, 0.5) is 0 Å². The van der Waals surface area contributed by atoms with Crippen LogP contribution in [0.1, 0.15) is 68.7 Å². The van der Waals surface area contributed by atoms with Crippen molar-refractivity contribution in [3.8, 4) is 0 Å². The number of aryl methyl sites for hydroxylation is 4. The van der Waals surface area contributed by atoms with Crippen LogP contribution in [-0.2, 0) is 35.2 Å². The summed E-state index contributed by atoms with van der Waals surface area (Å²) in [5, 5.41) is 4.00. The van der Waals surface area contributed by atoms with Crippen LogP contribution in [0.2, 0.25) is 0 Å². The second-order valence-corrected chi connectivity index (χ2v) is 12.9. The van der Waals surface area contributed by atoms with Crippen LogP contribution in [0.3, 0.4) is 0 Å². The number of ether oxygens (including phenoxy) is 2. The van der Waals surface area contributed by atoms with E-state index in [-0.39, 0.29) is 11.9 Å². The molecule has 0 atom stereocenters. The van der Waals surface area contributed by atoms with Crippen LogP contribution in [0, 0.1) is 0 Å². The van der Waals surface area contributed by atoms with E-state index in [1.807, 2.05) is 36.4 Å². The highest BCUT2D eigenvalue weighted by Gasteiger charge is 2.12. The summed E-state index contributed by atoms with van der Waals surface area (Å²) >= 11 is 7.65. The third-order valence-corrected chi connectivity index (χ3v) is 9.72. The number of carbonyl (C=O) groups excluding carboxylic acids is 2. The molecule has 0 saturated heterocycles. The second kappa shape index (κ2) is 15.0. The molecular formula is C38H36Br2O4. The molecule has 0 bridgehead atoms. The lowest BCUT2D eigenvalue weighted by molar-refractivity contribution is 0.0594. The Morgan fingerprint density at radius 1 is 0.545 bits per heavy atom. The van der Waals surface area contributed by atoms with Gasteiger partial charge in [-0.15, -0.1) is 0 Å². The molecular weight excluding hydrogens is 680 g/mol. The third-order valence-electron chi connectivity index (χ3n) is 8.24. The summed E-state index contributed by atoms with van der Waals surface area (Å²) in [4.78, 5) is 24.4. The molecule has 0 saturated carbocycles. The fourth-order valence-corrected chi connectivity index (χ4v) is 7.01. The summed E-state index contributed by atoms with van der Waals surface area (Å²) in [5.41, 5.74) is 6.32. The van der Waals surface area contributed by atoms with Gasteiger partial charge in [-0.1, -0.05) is 92.5 Å². The molecule has 0 unspecified atom stereocenters. The molecule has 0 spiro atoms. The largest absolute Gasteiger partial charge is 0.465 e. The Balaban J connectivity index is 1.12. The van der Waals surface area contributed by atoms with Crippen molar-refractivity contribution >= 4 is 65.3 Å². The van der Waals surface area contributed by atoms with Crippen LogP contribution < -0.4 is 0 Å². The van der Waals surface area contributed by atoms with Crippen molar-refractivity contribution in [3.63, 3.8) is 0 Å². The molecule has 0 aliphatic heterocycles. The molecule has 226 valence electrons. The van der Waals surface area contributed by atoms with Gasteiger partial charge in [0.15, 0.2) is 0 Å². The Kier molecular flexibility index (Phi) is 10.9. The van der Waals surface area contributed by atoms with Gasteiger partial charge in [0.1, 0.15) is 0 Å². The number of rotatable bonds is 12. The lowest BCUT2D eigenvalue weighted by atomic mass is 9.97. The zero-order chi connectivity index (χ0) is 31.1. The van der Waals surface area contributed by atoms with E-state index in [9.17, 15) is 9.59 Å². The van der Waals surface area contributed by atoms with Crippen molar-refractivity contribution in [1.82, 2.24) is 0 Å². The Bertz CT molecular complexity index is 1680. The number of carbonyl (C=O) groups is 2. The molecule has 6 heteroatoms. The first-order valence-electron chi connectivity index (χ1n) is 15.0. The average molecular weight is 717 g/mol. The van der Waals surface area contributed by atoms with Gasteiger partial charge in [0, 0.05) is 8.95 Å². The molecule has 0 amide bonds. The molecule has 4 nitrogen and oxygen atoms in total. The molecule has 0 N–H and O–H groups in total. The summed E-state index contributed by atoms with van der Waals surface area (Å²) in [7, 11) is 2.85. The number of hydrogen-bond acceptors (Lipinski definition) is 4. The highest BCUT2D eigenvalue weighted by molar-refractivity contribution is 9.11. The topological polar surface area (TPSA) is 52.6 Å². The summed E-state index contributed by atoms with van der Waals surface area (Å²) in [6.07, 6.45) is 8.19. The minimum absolute atomic E-state index is 0.299. The van der Waals surface area contributed by atoms with Gasteiger partial charge in [0.05, 0.1) is 25.3 Å². The summed E-state index contributed by atoms with van der Waals surface area (Å²) < 4.78 is 12.3. The SMILES string of the molecule is COC(=O)c1cccc2ccc(CCCCc3cc(Br)c(CCCCc4ccc5cccc(C(=O)OC)c5c4)cc3Br)cc12. The van der Waals surface area contributed by atoms with Gasteiger partial charge < -0.3 is 9.47 Å². The lowest BCUT2D eigenvalue weighted by Crippen LogP contribution is -2.02. The Morgan fingerprint density at radius 2 is 0.955 bits per heavy atom. The molecule has 5 aromatic carbocycles. The van der Waals surface area contributed by atoms with Gasteiger partial charge in [-0.2, -0.15) is 0 Å². The number of fused-ring (bicyclic) bond motifs is 2. The average Bonchev–Trinajstić information content (AvgIpc) is 3.05. The first-order chi connectivity index (χ1) is 21.4. The van der Waals surface area contributed by atoms with E-state index in [0.29, 0.717) is 11.1 Å². The minimum atomic E-state index is -0.299. The standard InChI is InChI=1S/C38H36Br2O4/c1-43-37(41)31-15-7-13-27-19-17-25(21-33(27)31)9-3-5-11-29-23-36(40)30(24-35(29)39)12-6-4-10-26-18-20-28-14-8-16-32(34(28)22-26)38(42)44-2/h7-8,13-24H,3-6,9-12H2,1-2H3. The van der Waals surface area contributed by atoms with E-state index >= 15 is 0 Å². The van der Waals surface area contributed by atoms with Gasteiger partial charge in [0.25, 0.3) is 0 Å². The Morgan fingerprint density at radius 3 is 1.36 bits per heavy atom. The lowest BCUT2D eigenvalue weighted by Gasteiger charge is -2.12. The van der Waals surface area contributed by atoms with E-state index in [0.717, 1.165) is 81.9 Å². The fourth-order valence-electron chi connectivity index (χ4n) is 5.83. The molecule has 0 fully saturated rings. The minimum Gasteiger partial charge on any atom is -0.465 e. The smallest absolute Gasteiger partial charge is 0.338 e. The van der Waals surface area contributed by atoms with E-state index in [2.05, 4.69) is 80.4 Å². The molecule has 5 rings (SSSR count). The number of hydrogen-bond donors (Lipinski definition) is 0. The van der Waals surface area contributed by atoms with E-state index in [1.54, 1.807) is 0 Å².